The number of methoxy groups -OCH3 is 1. The molecule has 0 bridgehead atoms. The molecule has 4 aromatic rings. The smallest absolute Gasteiger partial charge is 0.337 e. The van der Waals surface area contributed by atoms with Crippen LogP contribution in [0.4, 0.5) is 0 Å². The van der Waals surface area contributed by atoms with Crippen molar-refractivity contribution in [2.24, 2.45) is 7.05 Å². The summed E-state index contributed by atoms with van der Waals surface area (Å²) < 4.78 is 8.53. The number of rotatable bonds is 3. The second kappa shape index (κ2) is 5.90. The summed E-state index contributed by atoms with van der Waals surface area (Å²) in [6.07, 6.45) is 1.75. The van der Waals surface area contributed by atoms with Gasteiger partial charge in [-0.3, -0.25) is 0 Å². The number of aromatic nitrogens is 4. The molecule has 0 amide bonds. The van der Waals surface area contributed by atoms with Crippen molar-refractivity contribution in [2.45, 2.75) is 0 Å². The largest absolute Gasteiger partial charge is 0.465 e. The van der Waals surface area contributed by atoms with Gasteiger partial charge in [-0.05, 0) is 24.3 Å². The van der Waals surface area contributed by atoms with Gasteiger partial charge in [0, 0.05) is 12.6 Å². The van der Waals surface area contributed by atoms with Gasteiger partial charge in [0.05, 0.1) is 35.6 Å². The monoisotopic (exact) mass is 332 g/mol. The Morgan fingerprint density at radius 2 is 1.88 bits per heavy atom. The Labute approximate surface area is 144 Å². The Balaban J connectivity index is 1.87. The summed E-state index contributed by atoms with van der Waals surface area (Å²) in [5.41, 5.74) is 4.12. The average Bonchev–Trinajstić information content (AvgIpc) is 3.26. The van der Waals surface area contributed by atoms with E-state index in [0.29, 0.717) is 11.5 Å². The lowest BCUT2D eigenvalue weighted by atomic mass is 10.1. The molecular weight excluding hydrogens is 316 g/mol. The van der Waals surface area contributed by atoms with Crippen molar-refractivity contribution in [2.75, 3.05) is 7.11 Å². The molecule has 0 saturated carbocycles. The van der Waals surface area contributed by atoms with Crippen LogP contribution in [-0.4, -0.2) is 32.4 Å². The lowest BCUT2D eigenvalue weighted by Gasteiger charge is -2.07. The molecule has 0 radical (unpaired) electrons. The normalized spacial score (nSPS) is 11.0. The first-order valence-electron chi connectivity index (χ1n) is 7.83. The van der Waals surface area contributed by atoms with Crippen molar-refractivity contribution in [1.29, 1.82) is 0 Å². The first-order chi connectivity index (χ1) is 12.2. The highest BCUT2D eigenvalue weighted by Gasteiger charge is 2.16. The summed E-state index contributed by atoms with van der Waals surface area (Å²) in [6, 6.07) is 17.3. The molecular formula is C19H16N4O2. The van der Waals surface area contributed by atoms with Crippen LogP contribution in [0.25, 0.3) is 28.2 Å². The van der Waals surface area contributed by atoms with Gasteiger partial charge >= 0.3 is 5.97 Å². The summed E-state index contributed by atoms with van der Waals surface area (Å²) in [7, 11) is 3.30. The van der Waals surface area contributed by atoms with Gasteiger partial charge in [-0.1, -0.05) is 30.3 Å². The number of hydrogen-bond donors (Lipinski definition) is 0. The van der Waals surface area contributed by atoms with E-state index < -0.39 is 0 Å². The molecule has 0 aliphatic rings. The van der Waals surface area contributed by atoms with Crippen LogP contribution in [0.3, 0.4) is 0 Å². The third-order valence-electron chi connectivity index (χ3n) is 4.18. The Bertz CT molecular complexity index is 1060. The van der Waals surface area contributed by atoms with Crippen LogP contribution in [0.15, 0.2) is 60.8 Å². The van der Waals surface area contributed by atoms with Gasteiger partial charge < -0.3 is 9.30 Å². The van der Waals surface area contributed by atoms with Crippen molar-refractivity contribution in [1.82, 2.24) is 19.3 Å². The zero-order valence-corrected chi connectivity index (χ0v) is 13.9. The minimum Gasteiger partial charge on any atom is -0.465 e. The summed E-state index contributed by atoms with van der Waals surface area (Å²) in [5.74, 6) is 0.305. The van der Waals surface area contributed by atoms with Gasteiger partial charge in [-0.2, -0.15) is 9.78 Å². The zero-order chi connectivity index (χ0) is 17.4. The Kier molecular flexibility index (Phi) is 3.57. The van der Waals surface area contributed by atoms with Crippen LogP contribution < -0.4 is 0 Å². The summed E-state index contributed by atoms with van der Waals surface area (Å²) >= 11 is 0. The molecule has 4 rings (SSSR count). The second-order valence-corrected chi connectivity index (χ2v) is 5.66. The molecule has 0 saturated heterocycles. The Hall–Kier alpha value is -3.41. The van der Waals surface area contributed by atoms with Crippen molar-refractivity contribution in [3.05, 3.63) is 66.4 Å². The van der Waals surface area contributed by atoms with Crippen molar-refractivity contribution >= 4 is 17.0 Å². The Morgan fingerprint density at radius 1 is 1.08 bits per heavy atom. The number of benzene rings is 2. The standard InChI is InChI=1S/C19H16N4O2/c1-22-17-9-8-14(18(24)25-2)12-15(17)21-19(22)23-16(10-11-20-23)13-6-4-3-5-7-13/h3-12H,1-2H3. The number of imidazole rings is 1. The van der Waals surface area contributed by atoms with Crippen LogP contribution in [0.5, 0.6) is 0 Å². The predicted molar refractivity (Wildman–Crippen MR) is 94.6 cm³/mol. The molecule has 2 aromatic heterocycles. The first-order valence-corrected chi connectivity index (χ1v) is 7.83. The van der Waals surface area contributed by atoms with Crippen molar-refractivity contribution < 1.29 is 9.53 Å². The maximum Gasteiger partial charge on any atom is 0.337 e. The zero-order valence-electron chi connectivity index (χ0n) is 13.9. The van der Waals surface area contributed by atoms with Gasteiger partial charge in [-0.25, -0.2) is 9.78 Å². The van der Waals surface area contributed by atoms with Gasteiger partial charge in [0.2, 0.25) is 5.95 Å². The van der Waals surface area contributed by atoms with E-state index in [-0.39, 0.29) is 5.97 Å². The third kappa shape index (κ3) is 2.48. The van der Waals surface area contributed by atoms with E-state index in [1.165, 1.54) is 7.11 Å². The quantitative estimate of drug-likeness (QED) is 0.541. The highest BCUT2D eigenvalue weighted by Crippen LogP contribution is 2.24. The van der Waals surface area contributed by atoms with E-state index in [2.05, 4.69) is 10.1 Å². The summed E-state index contributed by atoms with van der Waals surface area (Å²) in [5, 5.41) is 4.43. The number of aryl methyl sites for hydroxylation is 1. The molecule has 25 heavy (non-hydrogen) atoms. The number of hydrogen-bond acceptors (Lipinski definition) is 4. The van der Waals surface area contributed by atoms with Crippen LogP contribution in [0, 0.1) is 0 Å². The molecule has 0 aliphatic carbocycles. The molecule has 0 atom stereocenters. The minimum atomic E-state index is -0.377. The number of nitrogens with zero attached hydrogens (tertiary/aromatic N) is 4. The molecule has 6 heteroatoms. The number of carbonyl (C=O) groups excluding carboxylic acids is 1. The van der Waals surface area contributed by atoms with Crippen LogP contribution in [0.2, 0.25) is 0 Å². The van der Waals surface area contributed by atoms with E-state index >= 15 is 0 Å². The van der Waals surface area contributed by atoms with Gasteiger partial charge in [0.1, 0.15) is 0 Å². The fourth-order valence-corrected chi connectivity index (χ4v) is 2.91. The second-order valence-electron chi connectivity index (χ2n) is 5.66. The molecule has 0 spiro atoms. The summed E-state index contributed by atoms with van der Waals surface area (Å²) in [6.45, 7) is 0. The molecule has 2 heterocycles. The molecule has 0 unspecified atom stereocenters. The molecule has 124 valence electrons. The fraction of sp³-hybridized carbons (Fsp3) is 0.105. The van der Waals surface area contributed by atoms with E-state index in [1.807, 2.05) is 54.1 Å². The topological polar surface area (TPSA) is 61.9 Å². The van der Waals surface area contributed by atoms with Crippen molar-refractivity contribution in [3.63, 3.8) is 0 Å². The van der Waals surface area contributed by atoms with Crippen molar-refractivity contribution in [3.8, 4) is 17.2 Å². The van der Waals surface area contributed by atoms with E-state index in [0.717, 1.165) is 22.3 Å². The lowest BCUT2D eigenvalue weighted by molar-refractivity contribution is 0.0601. The molecule has 0 fully saturated rings. The number of ether oxygens (including phenoxy) is 1. The average molecular weight is 332 g/mol. The molecule has 2 aromatic carbocycles. The third-order valence-corrected chi connectivity index (χ3v) is 4.18. The van der Waals surface area contributed by atoms with Crippen LogP contribution in [0.1, 0.15) is 10.4 Å². The SMILES string of the molecule is COC(=O)c1ccc2c(c1)nc(-n1nccc1-c1ccccc1)n2C. The number of fused-ring (bicyclic) bond motifs is 1. The lowest BCUT2D eigenvalue weighted by Crippen LogP contribution is -2.06. The fourth-order valence-electron chi connectivity index (χ4n) is 2.91. The number of carbonyl (C=O) groups is 1. The molecule has 6 nitrogen and oxygen atoms in total. The van der Waals surface area contributed by atoms with Gasteiger partial charge in [0.15, 0.2) is 0 Å². The van der Waals surface area contributed by atoms with Crippen LogP contribution >= 0.6 is 0 Å². The van der Waals surface area contributed by atoms with Gasteiger partial charge in [-0.15, -0.1) is 0 Å². The Morgan fingerprint density at radius 3 is 2.64 bits per heavy atom. The van der Waals surface area contributed by atoms with E-state index in [9.17, 15) is 4.79 Å². The van der Waals surface area contributed by atoms with E-state index in [4.69, 9.17) is 4.74 Å². The van der Waals surface area contributed by atoms with Gasteiger partial charge in [0.25, 0.3) is 0 Å². The van der Waals surface area contributed by atoms with E-state index in [1.54, 1.807) is 23.0 Å². The maximum absolute atomic E-state index is 11.7. The summed E-state index contributed by atoms with van der Waals surface area (Å²) in [4.78, 5) is 16.4. The molecule has 0 aliphatic heterocycles. The minimum absolute atomic E-state index is 0.377. The maximum atomic E-state index is 11.7. The number of esters is 1. The predicted octanol–water partition coefficient (Wildman–Crippen LogP) is 3.21. The first kappa shape index (κ1) is 15.1. The molecule has 0 N–H and O–H groups in total. The van der Waals surface area contributed by atoms with Crippen LogP contribution in [-0.2, 0) is 11.8 Å². The highest BCUT2D eigenvalue weighted by molar-refractivity contribution is 5.94. The highest BCUT2D eigenvalue weighted by atomic mass is 16.5.